The van der Waals surface area contributed by atoms with Crippen LogP contribution in [0, 0.1) is 0 Å². The Morgan fingerprint density at radius 2 is 1.76 bits per heavy atom. The highest BCUT2D eigenvalue weighted by Gasteiger charge is 2.44. The number of fused-ring (bicyclic) bond motifs is 1. The zero-order valence-corrected chi connectivity index (χ0v) is 20.8. The molecule has 202 valence electrons. The molecule has 0 aliphatic rings. The van der Waals surface area contributed by atoms with Crippen molar-refractivity contribution in [3.05, 3.63) is 94.9 Å². The van der Waals surface area contributed by atoms with Gasteiger partial charge in [-0.1, -0.05) is 42.5 Å². The number of anilines is 1. The number of pyridine rings is 1. The van der Waals surface area contributed by atoms with Crippen molar-refractivity contribution in [2.75, 3.05) is 12.8 Å². The molecule has 0 saturated carbocycles. The van der Waals surface area contributed by atoms with Crippen LogP contribution in [0.3, 0.4) is 0 Å². The summed E-state index contributed by atoms with van der Waals surface area (Å²) in [5.41, 5.74) is 4.61. The number of halogens is 3. The first-order valence-corrected chi connectivity index (χ1v) is 12.4. The van der Waals surface area contributed by atoms with Gasteiger partial charge in [-0.2, -0.15) is 21.6 Å². The van der Waals surface area contributed by atoms with E-state index in [2.05, 4.69) is 28.5 Å². The summed E-state index contributed by atoms with van der Waals surface area (Å²) < 4.78 is 68.5. The molecule has 2 aromatic heterocycles. The summed E-state index contributed by atoms with van der Waals surface area (Å²) in [6.07, 6.45) is 0.842. The minimum Gasteiger partial charge on any atom is -0.459 e. The van der Waals surface area contributed by atoms with Gasteiger partial charge in [-0.15, -0.1) is 0 Å². The number of nitrogens with one attached hydrogen (secondary N) is 1. The topological polar surface area (TPSA) is 145 Å². The molecule has 0 bridgehead atoms. The molecule has 0 spiro atoms. The van der Waals surface area contributed by atoms with Gasteiger partial charge < -0.3 is 20.2 Å². The minimum atomic E-state index is -5.84. The quantitative estimate of drug-likeness (QED) is 0.225. The highest BCUT2D eigenvalue weighted by atomic mass is 32.2. The van der Waals surface area contributed by atoms with Crippen LogP contribution in [0.5, 0.6) is 0 Å². The number of nitrogen functional groups attached to an aromatic ring is 1. The molecule has 4 aromatic rings. The number of methoxy groups -OCH3 is 1. The van der Waals surface area contributed by atoms with Crippen molar-refractivity contribution >= 4 is 32.8 Å². The lowest BCUT2D eigenvalue weighted by molar-refractivity contribution is -0.0510. The van der Waals surface area contributed by atoms with Crippen molar-refractivity contribution in [1.82, 2.24) is 10.3 Å². The summed E-state index contributed by atoms with van der Waals surface area (Å²) in [6.45, 7) is 0.609. The van der Waals surface area contributed by atoms with Crippen LogP contribution in [0.1, 0.15) is 32.9 Å². The van der Waals surface area contributed by atoms with Crippen LogP contribution in [-0.2, 0) is 34.4 Å². The van der Waals surface area contributed by atoms with Gasteiger partial charge in [-0.05, 0) is 41.8 Å². The second-order valence-electron chi connectivity index (χ2n) is 8.02. The number of rotatable bonds is 7. The first-order chi connectivity index (χ1) is 17.9. The third-order valence-electron chi connectivity index (χ3n) is 5.12. The van der Waals surface area contributed by atoms with E-state index in [0.29, 0.717) is 23.6 Å². The average Bonchev–Trinajstić information content (AvgIpc) is 3.25. The fourth-order valence-electron chi connectivity index (χ4n) is 3.36. The van der Waals surface area contributed by atoms with E-state index in [-0.39, 0.29) is 18.3 Å². The van der Waals surface area contributed by atoms with Crippen molar-refractivity contribution in [3.63, 3.8) is 0 Å². The number of ether oxygens (including phenoxy) is 1. The lowest BCUT2D eigenvalue weighted by atomic mass is 10.0. The lowest BCUT2D eigenvalue weighted by Crippen LogP contribution is -2.24. The van der Waals surface area contributed by atoms with Crippen molar-refractivity contribution in [2.24, 2.45) is 0 Å². The van der Waals surface area contributed by atoms with E-state index in [9.17, 15) is 18.0 Å². The Balaban J connectivity index is 0.000000436. The fraction of sp³-hybridized carbons (Fsp3) is 0.200. The fourth-order valence-corrected chi connectivity index (χ4v) is 3.36. The van der Waals surface area contributed by atoms with Gasteiger partial charge in [-0.25, -0.2) is 4.98 Å². The first kappa shape index (κ1) is 28.6. The van der Waals surface area contributed by atoms with E-state index < -0.39 is 15.6 Å². The summed E-state index contributed by atoms with van der Waals surface area (Å²) in [6, 6.07) is 21.8. The Kier molecular flexibility index (Phi) is 9.09. The molecule has 0 saturated heterocycles. The number of nitrogens with zero attached hydrogens (tertiary/aromatic N) is 1. The molecule has 2 heterocycles. The van der Waals surface area contributed by atoms with Gasteiger partial charge in [0.25, 0.3) is 5.91 Å². The molecular formula is C25H24F3N3O6S. The molecule has 0 aliphatic heterocycles. The van der Waals surface area contributed by atoms with Gasteiger partial charge in [0.05, 0.1) is 24.4 Å². The molecule has 0 unspecified atom stereocenters. The summed E-state index contributed by atoms with van der Waals surface area (Å²) in [5, 5.41) is 3.84. The number of furan rings is 1. The molecule has 38 heavy (non-hydrogen) atoms. The Morgan fingerprint density at radius 3 is 2.37 bits per heavy atom. The second kappa shape index (κ2) is 12.1. The number of aromatic nitrogens is 1. The Bertz CT molecular complexity index is 1510. The van der Waals surface area contributed by atoms with Gasteiger partial charge in [0.2, 0.25) is 0 Å². The zero-order valence-electron chi connectivity index (χ0n) is 20.0. The number of hydrogen-bond donors (Lipinski definition) is 3. The maximum Gasteiger partial charge on any atom is 0.522 e. The maximum absolute atomic E-state index is 12.5. The molecule has 2 aromatic carbocycles. The summed E-state index contributed by atoms with van der Waals surface area (Å²) in [7, 11) is -4.26. The van der Waals surface area contributed by atoms with Crippen LogP contribution in [-0.4, -0.2) is 36.5 Å². The van der Waals surface area contributed by atoms with Gasteiger partial charge in [0.1, 0.15) is 17.2 Å². The standard InChI is InChI=1S/C24H23N3O3.CHF3O3S/c1-29-15-19-9-10-21(23(25)27-19)24(28)26-14-20-13-18-8-7-17(12-22(18)30-20)11-16-5-3-2-4-6-16;2-1(3,4)8(5,6)7/h2-10,12-13H,11,14-15H2,1H3,(H2,25,27)(H,26,28);(H,5,6,7). The molecule has 1 amide bonds. The largest absolute Gasteiger partial charge is 0.522 e. The van der Waals surface area contributed by atoms with Crippen LogP contribution in [0.4, 0.5) is 19.0 Å². The van der Waals surface area contributed by atoms with Crippen LogP contribution < -0.4 is 11.1 Å². The number of carbonyl (C=O) groups is 1. The molecule has 9 nitrogen and oxygen atoms in total. The normalized spacial score (nSPS) is 11.6. The molecule has 13 heteroatoms. The highest BCUT2D eigenvalue weighted by Crippen LogP contribution is 2.23. The average molecular weight is 552 g/mol. The van der Waals surface area contributed by atoms with Gasteiger partial charge in [0.15, 0.2) is 0 Å². The van der Waals surface area contributed by atoms with Crippen LogP contribution in [0.15, 0.2) is 71.1 Å². The van der Waals surface area contributed by atoms with E-state index >= 15 is 0 Å². The van der Waals surface area contributed by atoms with Crippen molar-refractivity contribution in [3.8, 4) is 0 Å². The van der Waals surface area contributed by atoms with Gasteiger partial charge >= 0.3 is 15.6 Å². The minimum absolute atomic E-state index is 0.178. The van der Waals surface area contributed by atoms with E-state index in [4.69, 9.17) is 27.9 Å². The SMILES string of the molecule is COCc1ccc(C(=O)NCc2cc3ccc(Cc4ccccc4)cc3o2)c(N)n1.O=S(=O)(O)C(F)(F)F. The molecule has 0 aliphatic carbocycles. The third-order valence-corrected chi connectivity index (χ3v) is 5.71. The Labute approximate surface area is 216 Å². The summed E-state index contributed by atoms with van der Waals surface area (Å²) in [5.74, 6) is 0.559. The Morgan fingerprint density at radius 1 is 1.08 bits per heavy atom. The van der Waals surface area contributed by atoms with Crippen LogP contribution >= 0.6 is 0 Å². The summed E-state index contributed by atoms with van der Waals surface area (Å²) in [4.78, 5) is 16.7. The predicted octanol–water partition coefficient (Wildman–Crippen LogP) is 4.47. The van der Waals surface area contributed by atoms with E-state index in [0.717, 1.165) is 17.4 Å². The van der Waals surface area contributed by atoms with Crippen molar-refractivity contribution < 1.29 is 40.1 Å². The highest BCUT2D eigenvalue weighted by molar-refractivity contribution is 7.86. The molecule has 4 N–H and O–H groups in total. The summed E-state index contributed by atoms with van der Waals surface area (Å²) >= 11 is 0. The molecule has 0 fully saturated rings. The smallest absolute Gasteiger partial charge is 0.459 e. The first-order valence-electron chi connectivity index (χ1n) is 11.0. The number of nitrogens with two attached hydrogens (primary N) is 1. The number of carbonyl (C=O) groups excluding carboxylic acids is 1. The van der Waals surface area contributed by atoms with Crippen LogP contribution in [0.25, 0.3) is 11.0 Å². The molecule has 4 rings (SSSR count). The zero-order chi connectivity index (χ0) is 27.9. The van der Waals surface area contributed by atoms with Gasteiger partial charge in [0, 0.05) is 12.5 Å². The number of hydrogen-bond acceptors (Lipinski definition) is 7. The predicted molar refractivity (Wildman–Crippen MR) is 134 cm³/mol. The second-order valence-corrected chi connectivity index (χ2v) is 9.43. The lowest BCUT2D eigenvalue weighted by Gasteiger charge is -2.07. The number of benzene rings is 2. The monoisotopic (exact) mass is 551 g/mol. The van der Waals surface area contributed by atoms with Crippen molar-refractivity contribution in [2.45, 2.75) is 25.1 Å². The third kappa shape index (κ3) is 7.78. The number of amides is 1. The molecule has 0 atom stereocenters. The molecule has 0 radical (unpaired) electrons. The Hall–Kier alpha value is -3.94. The van der Waals surface area contributed by atoms with E-state index in [1.54, 1.807) is 19.2 Å². The molecular weight excluding hydrogens is 527 g/mol. The van der Waals surface area contributed by atoms with Crippen LogP contribution in [0.2, 0.25) is 0 Å². The van der Waals surface area contributed by atoms with E-state index in [1.165, 1.54) is 11.1 Å². The van der Waals surface area contributed by atoms with Gasteiger partial charge in [-0.3, -0.25) is 9.35 Å². The number of alkyl halides is 3. The maximum atomic E-state index is 12.5. The van der Waals surface area contributed by atoms with E-state index in [1.807, 2.05) is 36.4 Å². The van der Waals surface area contributed by atoms with Crippen molar-refractivity contribution in [1.29, 1.82) is 0 Å².